The Balaban J connectivity index is 0.000000755. The van der Waals surface area contributed by atoms with Crippen molar-refractivity contribution in [2.24, 2.45) is 5.41 Å². The topological polar surface area (TPSA) is 116 Å². The van der Waals surface area contributed by atoms with Gasteiger partial charge < -0.3 is 19.6 Å². The number of hydrogen-bond donors (Lipinski definition) is 2. The lowest BCUT2D eigenvalue weighted by Crippen LogP contribution is -2.45. The highest BCUT2D eigenvalue weighted by atomic mass is 16.6. The number of esters is 1. The number of nitrogens with one attached hydrogen (secondary N) is 1. The van der Waals surface area contributed by atoms with E-state index in [9.17, 15) is 9.59 Å². The maximum absolute atomic E-state index is 13.1. The molecule has 0 radical (unpaired) electrons. The fraction of sp³-hybridized carbons (Fsp3) is 0.700. The molecule has 3 heterocycles. The van der Waals surface area contributed by atoms with Crippen molar-refractivity contribution in [3.63, 3.8) is 0 Å². The number of aryl methyl sites for hydroxylation is 1. The van der Waals surface area contributed by atoms with Gasteiger partial charge in [0, 0.05) is 37.7 Å². The molecule has 160 valence electrons. The summed E-state index contributed by atoms with van der Waals surface area (Å²) in [6.07, 6.45) is 4.36. The number of hydrogen-bond acceptors (Lipinski definition) is 6. The molecule has 29 heavy (non-hydrogen) atoms. The van der Waals surface area contributed by atoms with Gasteiger partial charge >= 0.3 is 5.97 Å². The van der Waals surface area contributed by atoms with Crippen LogP contribution in [0.15, 0.2) is 0 Å². The monoisotopic (exact) mass is 406 g/mol. The van der Waals surface area contributed by atoms with Crippen LogP contribution in [0.4, 0.5) is 0 Å². The zero-order chi connectivity index (χ0) is 21.2. The van der Waals surface area contributed by atoms with Gasteiger partial charge in [0.05, 0.1) is 16.7 Å². The van der Waals surface area contributed by atoms with Crippen molar-refractivity contribution in [2.45, 2.75) is 51.0 Å². The summed E-state index contributed by atoms with van der Waals surface area (Å²) < 4.78 is 5.61. The third kappa shape index (κ3) is 4.44. The fourth-order valence-corrected chi connectivity index (χ4v) is 4.42. The third-order valence-electron chi connectivity index (χ3n) is 6.05. The molecule has 0 aromatic carbocycles. The number of nitrogens with zero attached hydrogens (tertiary/aromatic N) is 3. The Morgan fingerprint density at radius 3 is 2.55 bits per heavy atom. The molecule has 3 aliphatic rings. The lowest BCUT2D eigenvalue weighted by molar-refractivity contribution is -0.150. The molecular weight excluding hydrogens is 376 g/mol. The first-order chi connectivity index (χ1) is 13.8. The first-order valence-electron chi connectivity index (χ1n) is 10.1. The highest BCUT2D eigenvalue weighted by Gasteiger charge is 2.51. The Bertz CT molecular complexity index is 763. The normalized spacial score (nSPS) is 23.0. The number of ether oxygens (including phenoxy) is 1. The highest BCUT2D eigenvalue weighted by Crippen LogP contribution is 2.44. The third-order valence-corrected chi connectivity index (χ3v) is 6.05. The van der Waals surface area contributed by atoms with E-state index in [2.05, 4.69) is 15.1 Å². The molecule has 1 saturated carbocycles. The quantitative estimate of drug-likeness (QED) is 0.573. The molecule has 2 aliphatic heterocycles. The maximum Gasteiger partial charge on any atom is 0.312 e. The molecule has 1 amide bonds. The highest BCUT2D eigenvalue weighted by molar-refractivity contribution is 5.97. The van der Waals surface area contributed by atoms with Gasteiger partial charge in [-0.25, -0.2) is 0 Å². The second kappa shape index (κ2) is 8.52. The number of carbonyl (C=O) groups is 3. The standard InChI is InChI=1S/C19H28N4O3.CH2O2/c1-12-15(16(21-20-12)13-4-5-13)17(24)23-8-6-19(7-9-23)10-14(11-22(2)3)26-18(19)25;2-1-3/h13-14H,4-11H2,1-3H3,(H,20,21);1H,(H,2,3). The number of likely N-dealkylation sites (tertiary alicyclic amines) is 1. The van der Waals surface area contributed by atoms with Crippen LogP contribution < -0.4 is 0 Å². The number of amides is 1. The summed E-state index contributed by atoms with van der Waals surface area (Å²) in [5.41, 5.74) is 2.13. The zero-order valence-electron chi connectivity index (χ0n) is 17.3. The van der Waals surface area contributed by atoms with Crippen LogP contribution in [0.1, 0.15) is 59.8 Å². The van der Waals surface area contributed by atoms with E-state index >= 15 is 0 Å². The molecule has 1 aliphatic carbocycles. The largest absolute Gasteiger partial charge is 0.483 e. The molecule has 2 N–H and O–H groups in total. The van der Waals surface area contributed by atoms with Crippen LogP contribution >= 0.6 is 0 Å². The maximum atomic E-state index is 13.1. The smallest absolute Gasteiger partial charge is 0.312 e. The lowest BCUT2D eigenvalue weighted by atomic mass is 9.76. The summed E-state index contributed by atoms with van der Waals surface area (Å²) in [5, 5.41) is 14.2. The van der Waals surface area contributed by atoms with Gasteiger partial charge in [-0.15, -0.1) is 0 Å². The number of carbonyl (C=O) groups excluding carboxylic acids is 2. The second-order valence-corrected chi connectivity index (χ2v) is 8.55. The summed E-state index contributed by atoms with van der Waals surface area (Å²) in [7, 11) is 3.98. The molecular formula is C20H30N4O5. The van der Waals surface area contributed by atoms with Crippen molar-refractivity contribution >= 4 is 18.3 Å². The average Bonchev–Trinajstić information content (AvgIpc) is 3.37. The van der Waals surface area contributed by atoms with Crippen molar-refractivity contribution < 1.29 is 24.2 Å². The van der Waals surface area contributed by atoms with Crippen LogP contribution in [0.25, 0.3) is 0 Å². The Morgan fingerprint density at radius 2 is 2.00 bits per heavy atom. The zero-order valence-corrected chi connectivity index (χ0v) is 17.3. The van der Waals surface area contributed by atoms with Crippen LogP contribution in [0.5, 0.6) is 0 Å². The Kier molecular flexibility index (Phi) is 6.26. The molecule has 0 bridgehead atoms. The molecule has 3 fully saturated rings. The van der Waals surface area contributed by atoms with Crippen LogP contribution in [0.3, 0.4) is 0 Å². The molecule has 1 spiro atoms. The molecule has 9 nitrogen and oxygen atoms in total. The minimum atomic E-state index is -0.401. The van der Waals surface area contributed by atoms with Crippen molar-refractivity contribution in [3.8, 4) is 0 Å². The van der Waals surface area contributed by atoms with Crippen LogP contribution in [0.2, 0.25) is 0 Å². The number of rotatable bonds is 4. The van der Waals surface area contributed by atoms with E-state index in [1.165, 1.54) is 0 Å². The number of aromatic nitrogens is 2. The lowest BCUT2D eigenvalue weighted by Gasteiger charge is -2.36. The van der Waals surface area contributed by atoms with Crippen LogP contribution in [-0.2, 0) is 14.3 Å². The van der Waals surface area contributed by atoms with E-state index in [0.717, 1.165) is 42.8 Å². The Hall–Kier alpha value is -2.42. The van der Waals surface area contributed by atoms with Gasteiger partial charge in [-0.2, -0.15) is 5.10 Å². The number of carboxylic acid groups (broad SMARTS) is 1. The summed E-state index contributed by atoms with van der Waals surface area (Å²) in [4.78, 5) is 37.9. The van der Waals surface area contributed by atoms with Crippen molar-refractivity contribution in [2.75, 3.05) is 33.7 Å². The van der Waals surface area contributed by atoms with E-state index in [4.69, 9.17) is 14.6 Å². The summed E-state index contributed by atoms with van der Waals surface area (Å²) in [6.45, 7) is 3.64. The van der Waals surface area contributed by atoms with E-state index in [1.807, 2.05) is 25.9 Å². The van der Waals surface area contributed by atoms with Crippen LogP contribution in [-0.4, -0.2) is 83.3 Å². The first kappa shape index (κ1) is 21.3. The average molecular weight is 406 g/mol. The minimum Gasteiger partial charge on any atom is -0.483 e. The van der Waals surface area contributed by atoms with E-state index in [1.54, 1.807) is 0 Å². The first-order valence-corrected chi connectivity index (χ1v) is 10.1. The SMILES string of the molecule is Cc1[nH]nc(C2CC2)c1C(=O)N1CCC2(CC1)CC(CN(C)C)OC2=O.O=CO. The van der Waals surface area contributed by atoms with Gasteiger partial charge in [-0.1, -0.05) is 0 Å². The second-order valence-electron chi connectivity index (χ2n) is 8.55. The molecule has 1 atom stereocenters. The number of cyclic esters (lactones) is 1. The van der Waals surface area contributed by atoms with Crippen molar-refractivity contribution in [3.05, 3.63) is 17.0 Å². The number of piperidine rings is 1. The van der Waals surface area contributed by atoms with Crippen molar-refractivity contribution in [1.82, 2.24) is 20.0 Å². The predicted molar refractivity (Wildman–Crippen MR) is 105 cm³/mol. The van der Waals surface area contributed by atoms with Gasteiger partial charge in [0.2, 0.25) is 0 Å². The summed E-state index contributed by atoms with van der Waals surface area (Å²) in [5.74, 6) is 0.422. The van der Waals surface area contributed by atoms with Gasteiger partial charge in [-0.3, -0.25) is 19.5 Å². The minimum absolute atomic E-state index is 0.0302. The molecule has 2 saturated heterocycles. The summed E-state index contributed by atoms with van der Waals surface area (Å²) >= 11 is 0. The number of H-pyrrole nitrogens is 1. The molecule has 1 aromatic heterocycles. The molecule has 9 heteroatoms. The molecule has 1 unspecified atom stereocenters. The molecule has 4 rings (SSSR count). The van der Waals surface area contributed by atoms with Gasteiger partial charge in [0.1, 0.15) is 6.10 Å². The van der Waals surface area contributed by atoms with E-state index in [-0.39, 0.29) is 24.5 Å². The Morgan fingerprint density at radius 1 is 1.38 bits per heavy atom. The number of likely N-dealkylation sites (N-methyl/N-ethyl adjacent to an activating group) is 1. The van der Waals surface area contributed by atoms with Crippen molar-refractivity contribution in [1.29, 1.82) is 0 Å². The number of aromatic amines is 1. The fourth-order valence-electron chi connectivity index (χ4n) is 4.42. The van der Waals surface area contributed by atoms with Crippen LogP contribution in [0, 0.1) is 12.3 Å². The predicted octanol–water partition coefficient (Wildman–Crippen LogP) is 1.40. The molecule has 1 aromatic rings. The Labute approximate surface area is 170 Å². The van der Waals surface area contributed by atoms with Gasteiger partial charge in [0.25, 0.3) is 12.4 Å². The van der Waals surface area contributed by atoms with Gasteiger partial charge in [-0.05, 0) is 46.7 Å². The van der Waals surface area contributed by atoms with E-state index < -0.39 is 5.41 Å². The van der Waals surface area contributed by atoms with E-state index in [0.29, 0.717) is 31.8 Å². The summed E-state index contributed by atoms with van der Waals surface area (Å²) in [6, 6.07) is 0. The van der Waals surface area contributed by atoms with Gasteiger partial charge in [0.15, 0.2) is 0 Å².